The molecular weight excluding hydrogens is 136 g/mol. The first-order valence-electron chi connectivity index (χ1n) is 4.90. The second-order valence-electron chi connectivity index (χ2n) is 4.46. The molecule has 0 aromatic heterocycles. The Labute approximate surface area is 68.8 Å². The van der Waals surface area contributed by atoms with Crippen LogP contribution in [0.3, 0.4) is 0 Å². The van der Waals surface area contributed by atoms with Crippen LogP contribution in [0.5, 0.6) is 0 Å². The summed E-state index contributed by atoms with van der Waals surface area (Å²) < 4.78 is 0. The third-order valence-electron chi connectivity index (χ3n) is 4.01. The Bertz CT molecular complexity index is 155. The van der Waals surface area contributed by atoms with Gasteiger partial charge in [0.2, 0.25) is 0 Å². The lowest BCUT2D eigenvalue weighted by atomic mass is 9.76. The molecule has 1 nitrogen and oxygen atoms in total. The van der Waals surface area contributed by atoms with Gasteiger partial charge in [-0.3, -0.25) is 0 Å². The largest absolute Gasteiger partial charge is 0.396 e. The van der Waals surface area contributed by atoms with Gasteiger partial charge in [0, 0.05) is 6.61 Å². The zero-order valence-corrected chi connectivity index (χ0v) is 7.34. The molecule has 0 bridgehead atoms. The normalized spacial score (nSPS) is 49.6. The first-order chi connectivity index (χ1) is 5.29. The van der Waals surface area contributed by atoms with E-state index in [9.17, 15) is 0 Å². The van der Waals surface area contributed by atoms with Gasteiger partial charge in [-0.25, -0.2) is 0 Å². The Kier molecular flexibility index (Phi) is 1.71. The summed E-state index contributed by atoms with van der Waals surface area (Å²) in [7, 11) is 0. The van der Waals surface area contributed by atoms with Gasteiger partial charge in [0.15, 0.2) is 0 Å². The Hall–Kier alpha value is -0.0400. The van der Waals surface area contributed by atoms with Crippen molar-refractivity contribution >= 4 is 0 Å². The van der Waals surface area contributed by atoms with E-state index in [-0.39, 0.29) is 0 Å². The summed E-state index contributed by atoms with van der Waals surface area (Å²) in [6.07, 6.45) is 6.92. The molecule has 1 spiro atoms. The minimum atomic E-state index is 0.435. The van der Waals surface area contributed by atoms with Gasteiger partial charge in [0.1, 0.15) is 0 Å². The van der Waals surface area contributed by atoms with Crippen LogP contribution in [0.1, 0.15) is 39.0 Å². The zero-order chi connectivity index (χ0) is 7.90. The van der Waals surface area contributed by atoms with Gasteiger partial charge < -0.3 is 5.11 Å². The van der Waals surface area contributed by atoms with Crippen LogP contribution in [-0.4, -0.2) is 11.7 Å². The quantitative estimate of drug-likeness (QED) is 0.614. The molecule has 0 saturated heterocycles. The molecule has 11 heavy (non-hydrogen) atoms. The van der Waals surface area contributed by atoms with Crippen molar-refractivity contribution in [2.75, 3.05) is 6.61 Å². The molecule has 3 atom stereocenters. The van der Waals surface area contributed by atoms with Crippen molar-refractivity contribution in [2.24, 2.45) is 17.3 Å². The molecule has 2 aliphatic rings. The van der Waals surface area contributed by atoms with Gasteiger partial charge in [-0.15, -0.1) is 0 Å². The van der Waals surface area contributed by atoms with Crippen LogP contribution >= 0.6 is 0 Å². The van der Waals surface area contributed by atoms with Crippen LogP contribution in [-0.2, 0) is 0 Å². The highest BCUT2D eigenvalue weighted by Crippen LogP contribution is 2.63. The van der Waals surface area contributed by atoms with Crippen molar-refractivity contribution in [2.45, 2.75) is 39.0 Å². The van der Waals surface area contributed by atoms with Crippen LogP contribution < -0.4 is 0 Å². The molecule has 2 rings (SSSR count). The molecule has 64 valence electrons. The highest BCUT2D eigenvalue weighted by molar-refractivity contribution is 5.05. The molecule has 0 amide bonds. The molecule has 1 N–H and O–H groups in total. The summed E-state index contributed by atoms with van der Waals surface area (Å²) in [5.41, 5.74) is 0.604. The Balaban J connectivity index is 2.01. The van der Waals surface area contributed by atoms with Crippen molar-refractivity contribution in [3.63, 3.8) is 0 Å². The van der Waals surface area contributed by atoms with Gasteiger partial charge >= 0.3 is 0 Å². The van der Waals surface area contributed by atoms with E-state index in [1.165, 1.54) is 32.1 Å². The van der Waals surface area contributed by atoms with Crippen molar-refractivity contribution in [3.05, 3.63) is 0 Å². The van der Waals surface area contributed by atoms with E-state index in [0.717, 1.165) is 5.92 Å². The molecule has 0 aromatic rings. The summed E-state index contributed by atoms with van der Waals surface area (Å²) in [6, 6.07) is 0. The molecular formula is C10H18O. The fourth-order valence-electron chi connectivity index (χ4n) is 2.99. The monoisotopic (exact) mass is 154 g/mol. The average molecular weight is 154 g/mol. The molecule has 2 fully saturated rings. The molecule has 2 saturated carbocycles. The van der Waals surface area contributed by atoms with E-state index < -0.39 is 0 Å². The van der Waals surface area contributed by atoms with E-state index in [4.69, 9.17) is 5.11 Å². The van der Waals surface area contributed by atoms with Gasteiger partial charge in [-0.2, -0.15) is 0 Å². The predicted octanol–water partition coefficient (Wildman–Crippen LogP) is 2.20. The molecule has 0 aromatic carbocycles. The smallest absolute Gasteiger partial charge is 0.0464 e. The number of aliphatic hydroxyl groups is 1. The van der Waals surface area contributed by atoms with Crippen molar-refractivity contribution in [1.82, 2.24) is 0 Å². The van der Waals surface area contributed by atoms with Crippen LogP contribution in [0, 0.1) is 17.3 Å². The number of rotatable bonds is 1. The number of hydrogen-bond donors (Lipinski definition) is 1. The standard InChI is InChI=1S/C10H18O/c1-8-4-2-3-5-10(8)6-9(10)7-11/h8-9,11H,2-7H2,1H3. The summed E-state index contributed by atoms with van der Waals surface area (Å²) in [6.45, 7) is 2.80. The second-order valence-corrected chi connectivity index (χ2v) is 4.46. The van der Waals surface area contributed by atoms with E-state index in [0.29, 0.717) is 17.9 Å². The van der Waals surface area contributed by atoms with Gasteiger partial charge in [0.25, 0.3) is 0 Å². The van der Waals surface area contributed by atoms with E-state index in [1.807, 2.05) is 0 Å². The Morgan fingerprint density at radius 1 is 1.45 bits per heavy atom. The maximum Gasteiger partial charge on any atom is 0.0464 e. The Morgan fingerprint density at radius 2 is 2.27 bits per heavy atom. The highest BCUT2D eigenvalue weighted by atomic mass is 16.3. The van der Waals surface area contributed by atoms with Gasteiger partial charge in [-0.1, -0.05) is 26.2 Å². The molecule has 0 aliphatic heterocycles. The second kappa shape index (κ2) is 2.48. The van der Waals surface area contributed by atoms with E-state index in [1.54, 1.807) is 0 Å². The lowest BCUT2D eigenvalue weighted by Gasteiger charge is -2.29. The first-order valence-corrected chi connectivity index (χ1v) is 4.90. The maximum absolute atomic E-state index is 9.04. The van der Waals surface area contributed by atoms with Crippen LogP contribution in [0.4, 0.5) is 0 Å². The van der Waals surface area contributed by atoms with E-state index in [2.05, 4.69) is 6.92 Å². The molecule has 1 heteroatoms. The van der Waals surface area contributed by atoms with Crippen LogP contribution in [0.15, 0.2) is 0 Å². The van der Waals surface area contributed by atoms with Crippen molar-refractivity contribution < 1.29 is 5.11 Å². The highest BCUT2D eigenvalue weighted by Gasteiger charge is 2.56. The van der Waals surface area contributed by atoms with E-state index >= 15 is 0 Å². The summed E-state index contributed by atoms with van der Waals surface area (Å²) in [5, 5.41) is 9.04. The van der Waals surface area contributed by atoms with Crippen LogP contribution in [0.25, 0.3) is 0 Å². The predicted molar refractivity (Wildman–Crippen MR) is 45.3 cm³/mol. The molecule has 3 unspecified atom stereocenters. The Morgan fingerprint density at radius 3 is 2.82 bits per heavy atom. The van der Waals surface area contributed by atoms with Crippen molar-refractivity contribution in [3.8, 4) is 0 Å². The fraction of sp³-hybridized carbons (Fsp3) is 1.00. The topological polar surface area (TPSA) is 20.2 Å². The van der Waals surface area contributed by atoms with Crippen molar-refractivity contribution in [1.29, 1.82) is 0 Å². The lowest BCUT2D eigenvalue weighted by Crippen LogP contribution is -2.21. The molecule has 2 aliphatic carbocycles. The van der Waals surface area contributed by atoms with Gasteiger partial charge in [-0.05, 0) is 30.1 Å². The number of aliphatic hydroxyl groups excluding tert-OH is 1. The molecule has 0 heterocycles. The molecule has 0 radical (unpaired) electrons. The average Bonchev–Trinajstić information content (AvgIpc) is 2.72. The first kappa shape index (κ1) is 7.60. The maximum atomic E-state index is 9.04. The third-order valence-corrected chi connectivity index (χ3v) is 4.01. The SMILES string of the molecule is CC1CCCCC12CC2CO. The van der Waals surface area contributed by atoms with Gasteiger partial charge in [0.05, 0.1) is 0 Å². The minimum Gasteiger partial charge on any atom is -0.396 e. The number of hydrogen-bond acceptors (Lipinski definition) is 1. The summed E-state index contributed by atoms with van der Waals surface area (Å²) in [5.74, 6) is 1.55. The minimum absolute atomic E-state index is 0.435. The fourth-order valence-corrected chi connectivity index (χ4v) is 2.99. The zero-order valence-electron chi connectivity index (χ0n) is 7.34. The summed E-state index contributed by atoms with van der Waals surface area (Å²) in [4.78, 5) is 0. The lowest BCUT2D eigenvalue weighted by molar-refractivity contribution is 0.172. The summed E-state index contributed by atoms with van der Waals surface area (Å²) >= 11 is 0. The van der Waals surface area contributed by atoms with Crippen LogP contribution in [0.2, 0.25) is 0 Å². The third kappa shape index (κ3) is 1.01.